The van der Waals surface area contributed by atoms with Crippen LogP contribution in [-0.4, -0.2) is 47.2 Å². The van der Waals surface area contributed by atoms with Crippen molar-refractivity contribution in [3.8, 4) is 11.5 Å². The van der Waals surface area contributed by atoms with E-state index in [0.29, 0.717) is 4.73 Å². The molecule has 3 aromatic rings. The maximum absolute atomic E-state index is 13.1. The standard InChI is InChI=1S/C28H26Cl2F2N2O9S/c1-40-27(36)18-4-2-3-5-25(18)44(38,39)33-12-26(35)42-23(11-19-20(29)13-34(37)14-21(19)30)17-8-9-22(43-28(31)32)24(10-17)41-15-16-6-7-16/h2-5,8-10,13-14,16,23,28,33H,6-7,11-12,15H2,1H3/t23-/m0/s1. The van der Waals surface area contributed by atoms with E-state index in [4.69, 9.17) is 32.7 Å². The van der Waals surface area contributed by atoms with Gasteiger partial charge >= 0.3 is 18.6 Å². The summed E-state index contributed by atoms with van der Waals surface area (Å²) in [6, 6.07) is 9.17. The summed E-state index contributed by atoms with van der Waals surface area (Å²) in [5, 5.41) is 11.7. The number of alkyl halides is 2. The molecule has 236 valence electrons. The molecule has 1 aliphatic rings. The molecule has 0 unspecified atom stereocenters. The number of nitrogens with zero attached hydrogens (tertiary/aromatic N) is 1. The molecule has 4 rings (SSSR count). The third kappa shape index (κ3) is 8.68. The first-order chi connectivity index (χ1) is 20.9. The summed E-state index contributed by atoms with van der Waals surface area (Å²) < 4.78 is 75.1. The molecule has 1 atom stereocenters. The Balaban J connectivity index is 1.61. The minimum absolute atomic E-state index is 0.0291. The van der Waals surface area contributed by atoms with Crippen LogP contribution in [0.4, 0.5) is 8.78 Å². The number of hydrogen-bond donors (Lipinski definition) is 1. The van der Waals surface area contributed by atoms with E-state index in [1.54, 1.807) is 0 Å². The number of carbonyl (C=O) groups excluding carboxylic acids is 2. The van der Waals surface area contributed by atoms with Gasteiger partial charge in [0.05, 0.1) is 24.2 Å². The molecule has 0 bridgehead atoms. The van der Waals surface area contributed by atoms with E-state index in [0.717, 1.165) is 38.4 Å². The summed E-state index contributed by atoms with van der Waals surface area (Å²) in [7, 11) is -3.30. The number of esters is 2. The van der Waals surface area contributed by atoms with Crippen LogP contribution >= 0.6 is 23.2 Å². The fraction of sp³-hybridized carbons (Fsp3) is 0.321. The normalized spacial score (nSPS) is 13.8. The van der Waals surface area contributed by atoms with Crippen LogP contribution in [0.5, 0.6) is 11.5 Å². The number of halogens is 4. The number of carbonyl (C=O) groups is 2. The second-order valence-electron chi connectivity index (χ2n) is 9.63. The van der Waals surface area contributed by atoms with E-state index < -0.39 is 46.1 Å². The number of methoxy groups -OCH3 is 1. The van der Waals surface area contributed by atoms with Gasteiger partial charge in [0, 0.05) is 12.0 Å². The molecule has 16 heteroatoms. The monoisotopic (exact) mass is 674 g/mol. The summed E-state index contributed by atoms with van der Waals surface area (Å²) in [5.41, 5.74) is 0.220. The Bertz CT molecular complexity index is 1620. The number of pyridine rings is 1. The van der Waals surface area contributed by atoms with Crippen LogP contribution in [0.3, 0.4) is 0 Å². The predicted molar refractivity (Wildman–Crippen MR) is 152 cm³/mol. The second kappa shape index (κ2) is 14.4. The molecule has 0 radical (unpaired) electrons. The van der Waals surface area contributed by atoms with Crippen molar-refractivity contribution >= 4 is 45.2 Å². The Hall–Kier alpha value is -3.72. The number of aromatic nitrogens is 1. The predicted octanol–water partition coefficient (Wildman–Crippen LogP) is 4.61. The van der Waals surface area contributed by atoms with Gasteiger partial charge in [-0.3, -0.25) is 4.79 Å². The number of ether oxygens (including phenoxy) is 4. The first-order valence-corrected chi connectivity index (χ1v) is 15.3. The molecule has 1 aromatic heterocycles. The fourth-order valence-corrected chi connectivity index (χ4v) is 5.83. The number of sulfonamides is 1. The van der Waals surface area contributed by atoms with Crippen LogP contribution in [0.15, 0.2) is 59.8 Å². The van der Waals surface area contributed by atoms with E-state index in [2.05, 4.69) is 14.2 Å². The molecule has 44 heavy (non-hydrogen) atoms. The van der Waals surface area contributed by atoms with Crippen LogP contribution in [0.2, 0.25) is 10.0 Å². The average Bonchev–Trinajstić information content (AvgIpc) is 3.81. The number of benzene rings is 2. The molecule has 0 aliphatic heterocycles. The van der Waals surface area contributed by atoms with Crippen LogP contribution in [0.25, 0.3) is 0 Å². The molecular formula is C28H26Cl2F2N2O9S. The zero-order valence-electron chi connectivity index (χ0n) is 23.0. The topological polar surface area (TPSA) is 144 Å². The molecule has 1 heterocycles. The molecule has 0 amide bonds. The van der Waals surface area contributed by atoms with E-state index >= 15 is 0 Å². The molecular weight excluding hydrogens is 649 g/mol. The van der Waals surface area contributed by atoms with E-state index in [1.807, 2.05) is 0 Å². The summed E-state index contributed by atoms with van der Waals surface area (Å²) >= 11 is 12.5. The number of hydrogen-bond acceptors (Lipinski definition) is 9. The maximum atomic E-state index is 13.1. The maximum Gasteiger partial charge on any atom is 0.387 e. The van der Waals surface area contributed by atoms with Crippen LogP contribution in [-0.2, 0) is 30.7 Å². The van der Waals surface area contributed by atoms with Gasteiger partial charge in [-0.05, 0) is 48.6 Å². The van der Waals surface area contributed by atoms with Gasteiger partial charge in [-0.15, -0.1) is 0 Å². The number of nitrogens with one attached hydrogen (secondary N) is 1. The van der Waals surface area contributed by atoms with E-state index in [1.165, 1.54) is 36.4 Å². The first-order valence-electron chi connectivity index (χ1n) is 13.0. The van der Waals surface area contributed by atoms with Gasteiger partial charge in [0.15, 0.2) is 23.9 Å². The van der Waals surface area contributed by atoms with Crippen molar-refractivity contribution in [1.82, 2.24) is 4.72 Å². The third-order valence-electron chi connectivity index (χ3n) is 6.44. The fourth-order valence-electron chi connectivity index (χ4n) is 4.07. The van der Waals surface area contributed by atoms with Gasteiger partial charge in [-0.25, -0.2) is 13.2 Å². The van der Waals surface area contributed by atoms with E-state index in [9.17, 15) is 32.0 Å². The summed E-state index contributed by atoms with van der Waals surface area (Å²) in [4.78, 5) is 24.6. The van der Waals surface area contributed by atoms with Gasteiger partial charge in [-0.1, -0.05) is 41.4 Å². The minimum Gasteiger partial charge on any atom is -0.619 e. The van der Waals surface area contributed by atoms with Crippen molar-refractivity contribution < 1.29 is 50.5 Å². The minimum atomic E-state index is -4.39. The molecule has 11 nitrogen and oxygen atoms in total. The molecule has 1 saturated carbocycles. The third-order valence-corrected chi connectivity index (χ3v) is 8.55. The van der Waals surface area contributed by atoms with Crippen molar-refractivity contribution in [3.05, 3.63) is 86.8 Å². The van der Waals surface area contributed by atoms with Crippen LogP contribution in [0, 0.1) is 11.1 Å². The SMILES string of the molecule is COC(=O)c1ccccc1S(=O)(=O)NCC(=O)O[C@@H](Cc1c(Cl)c[n+]([O-])cc1Cl)c1ccc(OC(F)F)c(OCC2CC2)c1. The highest BCUT2D eigenvalue weighted by Crippen LogP contribution is 2.37. The summed E-state index contributed by atoms with van der Waals surface area (Å²) in [5.74, 6) is -1.95. The van der Waals surface area contributed by atoms with Crippen LogP contribution < -0.4 is 18.9 Å². The zero-order chi connectivity index (χ0) is 32.0. The smallest absolute Gasteiger partial charge is 0.387 e. The van der Waals surface area contributed by atoms with Crippen molar-refractivity contribution in [1.29, 1.82) is 0 Å². The zero-order valence-corrected chi connectivity index (χ0v) is 25.3. The molecule has 0 spiro atoms. The lowest BCUT2D eigenvalue weighted by Gasteiger charge is -2.21. The first kappa shape index (κ1) is 33.2. The Kier molecular flexibility index (Phi) is 10.8. The van der Waals surface area contributed by atoms with Gasteiger partial charge in [0.2, 0.25) is 10.0 Å². The summed E-state index contributed by atoms with van der Waals surface area (Å²) in [6.07, 6.45) is 2.53. The van der Waals surface area contributed by atoms with Crippen molar-refractivity contribution in [2.75, 3.05) is 20.3 Å². The van der Waals surface area contributed by atoms with Gasteiger partial charge < -0.3 is 24.2 Å². The molecule has 1 aliphatic carbocycles. The van der Waals surface area contributed by atoms with Crippen molar-refractivity contribution in [3.63, 3.8) is 0 Å². The van der Waals surface area contributed by atoms with Gasteiger partial charge in [-0.2, -0.15) is 18.2 Å². The molecule has 0 saturated heterocycles. The molecule has 1 N–H and O–H groups in total. The Morgan fingerprint density at radius 3 is 2.41 bits per heavy atom. The van der Waals surface area contributed by atoms with Gasteiger partial charge in [0.1, 0.15) is 22.7 Å². The van der Waals surface area contributed by atoms with Crippen LogP contribution in [0.1, 0.15) is 40.4 Å². The Labute approximate surface area is 261 Å². The molecule has 2 aromatic carbocycles. The lowest BCUT2D eigenvalue weighted by molar-refractivity contribution is -0.605. The highest BCUT2D eigenvalue weighted by Gasteiger charge is 2.28. The highest BCUT2D eigenvalue weighted by atomic mass is 35.5. The largest absolute Gasteiger partial charge is 0.619 e. The quantitative estimate of drug-likeness (QED) is 0.147. The lowest BCUT2D eigenvalue weighted by Crippen LogP contribution is -2.32. The van der Waals surface area contributed by atoms with Gasteiger partial charge in [0.25, 0.3) is 0 Å². The van der Waals surface area contributed by atoms with Crippen molar-refractivity contribution in [2.45, 2.75) is 36.9 Å². The highest BCUT2D eigenvalue weighted by molar-refractivity contribution is 7.89. The lowest BCUT2D eigenvalue weighted by atomic mass is 10.0. The van der Waals surface area contributed by atoms with Crippen molar-refractivity contribution in [2.24, 2.45) is 5.92 Å². The number of rotatable bonds is 14. The Morgan fingerprint density at radius 2 is 1.77 bits per heavy atom. The van der Waals surface area contributed by atoms with E-state index in [-0.39, 0.29) is 57.2 Å². The molecule has 1 fully saturated rings. The Morgan fingerprint density at radius 1 is 1.09 bits per heavy atom. The second-order valence-corrected chi connectivity index (χ2v) is 12.2. The average molecular weight is 675 g/mol. The summed E-state index contributed by atoms with van der Waals surface area (Å²) in [6.45, 7) is -3.74.